The molecule has 0 aliphatic carbocycles. The number of carbonyl (C=O) groups excluding carboxylic acids is 1. The summed E-state index contributed by atoms with van der Waals surface area (Å²) >= 11 is 6.37. The van der Waals surface area contributed by atoms with Crippen LogP contribution in [0.2, 0.25) is 5.02 Å². The van der Waals surface area contributed by atoms with E-state index >= 15 is 0 Å². The number of hydrogen-bond donors (Lipinski definition) is 1. The lowest BCUT2D eigenvalue weighted by molar-refractivity contribution is 0.0636. The second-order valence-electron chi connectivity index (χ2n) is 6.35. The van der Waals surface area contributed by atoms with Crippen molar-refractivity contribution in [1.29, 1.82) is 0 Å². The van der Waals surface area contributed by atoms with Crippen LogP contribution < -0.4 is 5.32 Å². The number of fused-ring (bicyclic) bond motifs is 1. The lowest BCUT2D eigenvalue weighted by atomic mass is 10.2. The fourth-order valence-corrected chi connectivity index (χ4v) is 2.65. The molecule has 22 heavy (non-hydrogen) atoms. The van der Waals surface area contributed by atoms with Crippen LogP contribution in [0.1, 0.15) is 40.5 Å². The summed E-state index contributed by atoms with van der Waals surface area (Å²) in [5.74, 6) is 0. The predicted octanol–water partition coefficient (Wildman–Crippen LogP) is 5.44. The van der Waals surface area contributed by atoms with Gasteiger partial charge in [-0.05, 0) is 39.3 Å². The molecular weight excluding hydrogens is 300 g/mol. The summed E-state index contributed by atoms with van der Waals surface area (Å²) < 4.78 is 7.43. The van der Waals surface area contributed by atoms with Gasteiger partial charge in [0.1, 0.15) is 5.60 Å². The van der Waals surface area contributed by atoms with Gasteiger partial charge >= 0.3 is 6.09 Å². The molecule has 5 heteroatoms. The number of unbranched alkanes of at least 4 members (excludes halogenated alkanes) is 1. The fraction of sp³-hybridized carbons (Fsp3) is 0.471. The Morgan fingerprint density at radius 3 is 2.73 bits per heavy atom. The second-order valence-corrected chi connectivity index (χ2v) is 6.76. The van der Waals surface area contributed by atoms with Gasteiger partial charge in [-0.1, -0.05) is 31.0 Å². The summed E-state index contributed by atoms with van der Waals surface area (Å²) in [4.78, 5) is 12.0. The third-order valence-corrected chi connectivity index (χ3v) is 3.53. The second kappa shape index (κ2) is 6.61. The molecule has 0 fully saturated rings. The largest absolute Gasteiger partial charge is 0.444 e. The highest BCUT2D eigenvalue weighted by molar-refractivity contribution is 6.37. The number of nitrogens with zero attached hydrogens (tertiary/aromatic N) is 1. The quantitative estimate of drug-likeness (QED) is 0.814. The minimum atomic E-state index is -0.533. The van der Waals surface area contributed by atoms with Gasteiger partial charge in [0.15, 0.2) is 0 Å². The van der Waals surface area contributed by atoms with Gasteiger partial charge in [-0.25, -0.2) is 4.79 Å². The summed E-state index contributed by atoms with van der Waals surface area (Å²) in [6.45, 7) is 8.57. The van der Waals surface area contributed by atoms with Crippen LogP contribution in [0.4, 0.5) is 10.5 Å². The molecule has 0 aliphatic rings. The van der Waals surface area contributed by atoms with Crippen LogP contribution >= 0.6 is 11.6 Å². The van der Waals surface area contributed by atoms with Gasteiger partial charge in [0.2, 0.25) is 0 Å². The fourth-order valence-electron chi connectivity index (χ4n) is 2.33. The predicted molar refractivity (Wildman–Crippen MR) is 91.7 cm³/mol. The van der Waals surface area contributed by atoms with Crippen LogP contribution in [0.3, 0.4) is 0 Å². The molecule has 1 aromatic heterocycles. The molecule has 0 saturated heterocycles. The molecule has 0 bridgehead atoms. The molecule has 0 spiro atoms. The van der Waals surface area contributed by atoms with Crippen LogP contribution in [0.25, 0.3) is 10.9 Å². The summed E-state index contributed by atoms with van der Waals surface area (Å²) in [5, 5.41) is 4.28. The molecule has 0 aliphatic heterocycles. The molecule has 0 atom stereocenters. The number of carbonyl (C=O) groups is 1. The molecule has 1 amide bonds. The zero-order valence-corrected chi connectivity index (χ0v) is 14.3. The van der Waals surface area contributed by atoms with E-state index in [1.807, 2.05) is 45.2 Å². The smallest absolute Gasteiger partial charge is 0.412 e. The molecule has 120 valence electrons. The van der Waals surface area contributed by atoms with Gasteiger partial charge in [0, 0.05) is 18.1 Å². The van der Waals surface area contributed by atoms with E-state index in [1.54, 1.807) is 0 Å². The molecule has 1 aromatic carbocycles. The highest BCUT2D eigenvalue weighted by atomic mass is 35.5. The first-order valence-electron chi connectivity index (χ1n) is 7.59. The zero-order valence-electron chi connectivity index (χ0n) is 13.6. The van der Waals surface area contributed by atoms with Crippen molar-refractivity contribution in [3.05, 3.63) is 29.4 Å². The lowest BCUT2D eigenvalue weighted by Crippen LogP contribution is -2.27. The maximum Gasteiger partial charge on any atom is 0.412 e. The Morgan fingerprint density at radius 2 is 2.09 bits per heavy atom. The Bertz CT molecular complexity index is 671. The summed E-state index contributed by atoms with van der Waals surface area (Å²) in [5.41, 5.74) is 1.16. The average molecular weight is 323 g/mol. The van der Waals surface area contributed by atoms with Crippen molar-refractivity contribution in [3.63, 3.8) is 0 Å². The zero-order chi connectivity index (χ0) is 16.3. The van der Waals surface area contributed by atoms with Crippen molar-refractivity contribution >= 4 is 34.3 Å². The van der Waals surface area contributed by atoms with Crippen molar-refractivity contribution in [2.45, 2.75) is 52.7 Å². The van der Waals surface area contributed by atoms with E-state index in [4.69, 9.17) is 16.3 Å². The molecule has 2 rings (SSSR count). The SMILES string of the molecule is CCCCn1cc(Cl)c2c(NC(=O)OC(C)(C)C)cccc21. The standard InChI is InChI=1S/C17H23ClN2O2/c1-5-6-10-20-11-12(18)15-13(8-7-9-14(15)20)19-16(21)22-17(2,3)4/h7-9,11H,5-6,10H2,1-4H3,(H,19,21). The van der Waals surface area contributed by atoms with E-state index < -0.39 is 11.7 Å². The van der Waals surface area contributed by atoms with Crippen molar-refractivity contribution in [2.75, 3.05) is 5.32 Å². The third kappa shape index (κ3) is 3.95. The van der Waals surface area contributed by atoms with Crippen LogP contribution in [0.15, 0.2) is 24.4 Å². The normalized spacial score (nSPS) is 11.7. The Morgan fingerprint density at radius 1 is 1.36 bits per heavy atom. The van der Waals surface area contributed by atoms with E-state index in [0.29, 0.717) is 10.7 Å². The maximum atomic E-state index is 12.0. The number of aryl methyl sites for hydroxylation is 1. The van der Waals surface area contributed by atoms with Crippen LogP contribution in [-0.2, 0) is 11.3 Å². The van der Waals surface area contributed by atoms with Crippen LogP contribution in [-0.4, -0.2) is 16.3 Å². The lowest BCUT2D eigenvalue weighted by Gasteiger charge is -2.20. The average Bonchev–Trinajstić information content (AvgIpc) is 2.72. The highest BCUT2D eigenvalue weighted by Gasteiger charge is 2.18. The van der Waals surface area contributed by atoms with Gasteiger partial charge in [0.05, 0.1) is 16.2 Å². The number of rotatable bonds is 4. The van der Waals surface area contributed by atoms with Gasteiger partial charge in [-0.3, -0.25) is 5.32 Å². The van der Waals surface area contributed by atoms with Crippen molar-refractivity contribution in [3.8, 4) is 0 Å². The first-order valence-corrected chi connectivity index (χ1v) is 7.97. The van der Waals surface area contributed by atoms with Crippen LogP contribution in [0, 0.1) is 0 Å². The monoisotopic (exact) mass is 322 g/mol. The van der Waals surface area contributed by atoms with E-state index in [2.05, 4.69) is 16.8 Å². The molecule has 1 N–H and O–H groups in total. The summed E-state index contributed by atoms with van der Waals surface area (Å²) in [6, 6.07) is 5.76. The number of aromatic nitrogens is 1. The van der Waals surface area contributed by atoms with E-state index in [1.165, 1.54) is 0 Å². The number of anilines is 1. The molecule has 0 unspecified atom stereocenters. The van der Waals surface area contributed by atoms with Gasteiger partial charge in [0.25, 0.3) is 0 Å². The molecule has 1 heterocycles. The molecular formula is C17H23ClN2O2. The molecule has 0 radical (unpaired) electrons. The first kappa shape index (κ1) is 16.7. The van der Waals surface area contributed by atoms with Crippen molar-refractivity contribution < 1.29 is 9.53 Å². The summed E-state index contributed by atoms with van der Waals surface area (Å²) in [7, 11) is 0. The van der Waals surface area contributed by atoms with E-state index in [-0.39, 0.29) is 0 Å². The van der Waals surface area contributed by atoms with Gasteiger partial charge in [-0.15, -0.1) is 0 Å². The Balaban J connectivity index is 2.31. The highest BCUT2D eigenvalue weighted by Crippen LogP contribution is 2.32. The maximum absolute atomic E-state index is 12.0. The molecule has 4 nitrogen and oxygen atoms in total. The van der Waals surface area contributed by atoms with E-state index in [0.717, 1.165) is 30.3 Å². The van der Waals surface area contributed by atoms with Gasteiger partial charge in [-0.2, -0.15) is 0 Å². The minimum Gasteiger partial charge on any atom is -0.444 e. The van der Waals surface area contributed by atoms with Gasteiger partial charge < -0.3 is 9.30 Å². The number of halogens is 1. The number of nitrogens with one attached hydrogen (secondary N) is 1. The topological polar surface area (TPSA) is 43.3 Å². The summed E-state index contributed by atoms with van der Waals surface area (Å²) in [6.07, 6.45) is 3.65. The molecule has 0 saturated carbocycles. The van der Waals surface area contributed by atoms with E-state index in [9.17, 15) is 4.79 Å². The minimum absolute atomic E-state index is 0.475. The van der Waals surface area contributed by atoms with Crippen molar-refractivity contribution in [1.82, 2.24) is 4.57 Å². The third-order valence-electron chi connectivity index (χ3n) is 3.25. The Kier molecular flexibility index (Phi) is 5.01. The number of hydrogen-bond acceptors (Lipinski definition) is 2. The van der Waals surface area contributed by atoms with Crippen molar-refractivity contribution in [2.24, 2.45) is 0 Å². The molecule has 2 aromatic rings. The number of benzene rings is 1. The first-order chi connectivity index (χ1) is 10.3. The van der Waals surface area contributed by atoms with Crippen LogP contribution in [0.5, 0.6) is 0 Å². The Hall–Kier alpha value is -1.68. The Labute approximate surface area is 136 Å². The number of amides is 1. The number of ether oxygens (including phenoxy) is 1.